The van der Waals surface area contributed by atoms with Gasteiger partial charge in [-0.2, -0.15) is 0 Å². The fraction of sp³-hybridized carbons (Fsp3) is 0.765. The smallest absolute Gasteiger partial charge is 0.307 e. The van der Waals surface area contributed by atoms with E-state index in [2.05, 4.69) is 5.32 Å². The highest BCUT2D eigenvalue weighted by molar-refractivity contribution is 5.86. The monoisotopic (exact) mass is 291 g/mol. The van der Waals surface area contributed by atoms with E-state index in [-0.39, 0.29) is 23.7 Å². The molecule has 0 radical (unpaired) electrons. The number of hydrogen-bond donors (Lipinski definition) is 2. The molecule has 4 atom stereocenters. The second-order valence-electron chi connectivity index (χ2n) is 6.92. The van der Waals surface area contributed by atoms with E-state index < -0.39 is 11.9 Å². The summed E-state index contributed by atoms with van der Waals surface area (Å²) in [5.41, 5.74) is 0. The molecule has 0 aromatic carbocycles. The number of allylic oxidation sites excluding steroid dienone is 2. The largest absolute Gasteiger partial charge is 0.481 e. The number of nitrogens with one attached hydrogen (secondary N) is 1. The Morgan fingerprint density at radius 2 is 1.71 bits per heavy atom. The second kappa shape index (κ2) is 6.20. The molecule has 2 saturated carbocycles. The lowest BCUT2D eigenvalue weighted by atomic mass is 9.82. The van der Waals surface area contributed by atoms with Crippen molar-refractivity contribution in [2.75, 3.05) is 6.54 Å². The number of hydrogen-bond acceptors (Lipinski definition) is 2. The predicted molar refractivity (Wildman–Crippen MR) is 79.6 cm³/mol. The average Bonchev–Trinajstić information content (AvgIpc) is 3.08. The van der Waals surface area contributed by atoms with E-state index in [4.69, 9.17) is 0 Å². The van der Waals surface area contributed by atoms with E-state index in [1.807, 2.05) is 12.2 Å². The van der Waals surface area contributed by atoms with Gasteiger partial charge in [0, 0.05) is 6.54 Å². The van der Waals surface area contributed by atoms with Crippen molar-refractivity contribution in [3.63, 3.8) is 0 Å². The molecular weight excluding hydrogens is 266 g/mol. The van der Waals surface area contributed by atoms with Crippen molar-refractivity contribution >= 4 is 11.9 Å². The molecule has 4 nitrogen and oxygen atoms in total. The molecule has 2 unspecified atom stereocenters. The summed E-state index contributed by atoms with van der Waals surface area (Å²) in [5, 5.41) is 12.4. The molecule has 0 spiro atoms. The Morgan fingerprint density at radius 1 is 1.05 bits per heavy atom. The molecule has 2 bridgehead atoms. The molecule has 0 saturated heterocycles. The molecule has 2 N–H and O–H groups in total. The average molecular weight is 291 g/mol. The van der Waals surface area contributed by atoms with Crippen molar-refractivity contribution in [2.24, 2.45) is 29.6 Å². The minimum atomic E-state index is -0.820. The molecule has 4 heteroatoms. The Hall–Kier alpha value is -1.32. The minimum absolute atomic E-state index is 0.0462. The van der Waals surface area contributed by atoms with Gasteiger partial charge in [-0.1, -0.05) is 44.3 Å². The minimum Gasteiger partial charge on any atom is -0.481 e. The topological polar surface area (TPSA) is 66.4 Å². The maximum absolute atomic E-state index is 12.4. The van der Waals surface area contributed by atoms with Crippen LogP contribution in [0, 0.1) is 29.6 Å². The fourth-order valence-electron chi connectivity index (χ4n) is 4.51. The molecule has 21 heavy (non-hydrogen) atoms. The van der Waals surface area contributed by atoms with E-state index in [1.54, 1.807) is 0 Å². The summed E-state index contributed by atoms with van der Waals surface area (Å²) in [5.74, 6) is -0.811. The SMILES string of the molecule is O=C(O)[C@@H]1C2C=CC(C2)[C@@H]1C(=O)NCCC1CCCCC1. The Kier molecular flexibility index (Phi) is 4.32. The van der Waals surface area contributed by atoms with Gasteiger partial charge in [-0.15, -0.1) is 0 Å². The van der Waals surface area contributed by atoms with Crippen LogP contribution in [0.4, 0.5) is 0 Å². The number of aliphatic carboxylic acids is 1. The molecule has 2 fully saturated rings. The highest BCUT2D eigenvalue weighted by Crippen LogP contribution is 2.48. The van der Waals surface area contributed by atoms with Crippen LogP contribution >= 0.6 is 0 Å². The third-order valence-corrected chi connectivity index (χ3v) is 5.62. The van der Waals surface area contributed by atoms with Gasteiger partial charge in [0.25, 0.3) is 0 Å². The number of rotatable bonds is 5. The quantitative estimate of drug-likeness (QED) is 0.765. The number of carbonyl (C=O) groups is 2. The molecule has 116 valence electrons. The van der Waals surface area contributed by atoms with Crippen molar-refractivity contribution in [1.29, 1.82) is 0 Å². The lowest BCUT2D eigenvalue weighted by molar-refractivity contribution is -0.147. The predicted octanol–water partition coefficient (Wildman–Crippen LogP) is 2.60. The number of carboxylic acids is 1. The van der Waals surface area contributed by atoms with Crippen LogP contribution < -0.4 is 5.32 Å². The van der Waals surface area contributed by atoms with E-state index in [1.165, 1.54) is 32.1 Å². The van der Waals surface area contributed by atoms with E-state index in [0.29, 0.717) is 6.54 Å². The summed E-state index contributed by atoms with van der Waals surface area (Å²) in [4.78, 5) is 23.8. The molecule has 0 aliphatic heterocycles. The highest BCUT2D eigenvalue weighted by atomic mass is 16.4. The first-order chi connectivity index (χ1) is 10.2. The fourth-order valence-corrected chi connectivity index (χ4v) is 4.51. The first kappa shape index (κ1) is 14.6. The summed E-state index contributed by atoms with van der Waals surface area (Å²) < 4.78 is 0. The van der Waals surface area contributed by atoms with Crippen molar-refractivity contribution < 1.29 is 14.7 Å². The van der Waals surface area contributed by atoms with Gasteiger partial charge in [0.2, 0.25) is 5.91 Å². The number of fused-ring (bicyclic) bond motifs is 2. The van der Waals surface area contributed by atoms with Crippen LogP contribution in [0.15, 0.2) is 12.2 Å². The third-order valence-electron chi connectivity index (χ3n) is 5.62. The zero-order chi connectivity index (χ0) is 14.8. The van der Waals surface area contributed by atoms with Crippen molar-refractivity contribution in [1.82, 2.24) is 5.32 Å². The van der Waals surface area contributed by atoms with Crippen molar-refractivity contribution in [2.45, 2.75) is 44.9 Å². The summed E-state index contributed by atoms with van der Waals surface area (Å²) in [6, 6.07) is 0. The van der Waals surface area contributed by atoms with Gasteiger partial charge in [-0.3, -0.25) is 9.59 Å². The first-order valence-corrected chi connectivity index (χ1v) is 8.35. The van der Waals surface area contributed by atoms with Gasteiger partial charge in [0.15, 0.2) is 0 Å². The van der Waals surface area contributed by atoms with Crippen molar-refractivity contribution in [3.8, 4) is 0 Å². The molecule has 3 rings (SSSR count). The van der Waals surface area contributed by atoms with Gasteiger partial charge in [0.1, 0.15) is 0 Å². The Labute approximate surface area is 126 Å². The van der Waals surface area contributed by atoms with Crippen LogP contribution in [-0.2, 0) is 9.59 Å². The summed E-state index contributed by atoms with van der Waals surface area (Å²) >= 11 is 0. The van der Waals surface area contributed by atoms with Crippen LogP contribution in [0.5, 0.6) is 0 Å². The standard InChI is InChI=1S/C17H25NO3/c19-16(18-9-8-11-4-2-1-3-5-11)14-12-6-7-13(10-12)15(14)17(20)21/h6-7,11-15H,1-5,8-10H2,(H,18,19)(H,20,21)/t12?,13?,14-,15+/m0/s1. The van der Waals surface area contributed by atoms with Gasteiger partial charge in [0.05, 0.1) is 11.8 Å². The summed E-state index contributed by atoms with van der Waals surface area (Å²) in [6.07, 6.45) is 12.4. The molecular formula is C17H25NO3. The van der Waals surface area contributed by atoms with Crippen molar-refractivity contribution in [3.05, 3.63) is 12.2 Å². The van der Waals surface area contributed by atoms with Gasteiger partial charge in [-0.25, -0.2) is 0 Å². The van der Waals surface area contributed by atoms with Gasteiger partial charge < -0.3 is 10.4 Å². The lowest BCUT2D eigenvalue weighted by Crippen LogP contribution is -2.40. The Bertz CT molecular complexity index is 439. The summed E-state index contributed by atoms with van der Waals surface area (Å²) in [6.45, 7) is 0.702. The molecule has 0 aromatic heterocycles. The maximum Gasteiger partial charge on any atom is 0.307 e. The number of amides is 1. The lowest BCUT2D eigenvalue weighted by Gasteiger charge is -2.25. The molecule has 3 aliphatic rings. The van der Waals surface area contributed by atoms with Crippen LogP contribution in [0.1, 0.15) is 44.9 Å². The second-order valence-corrected chi connectivity index (χ2v) is 6.92. The van der Waals surface area contributed by atoms with E-state index in [9.17, 15) is 14.7 Å². The third kappa shape index (κ3) is 2.99. The molecule has 1 amide bonds. The van der Waals surface area contributed by atoms with Gasteiger partial charge >= 0.3 is 5.97 Å². The highest BCUT2D eigenvalue weighted by Gasteiger charge is 2.51. The van der Waals surface area contributed by atoms with E-state index in [0.717, 1.165) is 18.8 Å². The zero-order valence-corrected chi connectivity index (χ0v) is 12.5. The molecule has 0 heterocycles. The molecule has 0 aromatic rings. The van der Waals surface area contributed by atoms with Crippen LogP contribution in [0.2, 0.25) is 0 Å². The van der Waals surface area contributed by atoms with Gasteiger partial charge in [-0.05, 0) is 30.6 Å². The normalized spacial score (nSPS) is 35.0. The molecule has 3 aliphatic carbocycles. The van der Waals surface area contributed by atoms with Crippen LogP contribution in [0.3, 0.4) is 0 Å². The van der Waals surface area contributed by atoms with E-state index >= 15 is 0 Å². The summed E-state index contributed by atoms with van der Waals surface area (Å²) in [7, 11) is 0. The number of carboxylic acid groups (broad SMARTS) is 1. The first-order valence-electron chi connectivity index (χ1n) is 8.35. The van der Waals surface area contributed by atoms with Crippen LogP contribution in [-0.4, -0.2) is 23.5 Å². The Morgan fingerprint density at radius 3 is 2.38 bits per heavy atom. The Balaban J connectivity index is 1.50. The maximum atomic E-state index is 12.4. The van der Waals surface area contributed by atoms with Crippen LogP contribution in [0.25, 0.3) is 0 Å². The number of carbonyl (C=O) groups excluding carboxylic acids is 1. The zero-order valence-electron chi connectivity index (χ0n) is 12.5.